The molecule has 0 aliphatic carbocycles. The normalized spacial score (nSPS) is 34.2. The van der Waals surface area contributed by atoms with Crippen LogP contribution in [0, 0.1) is 0 Å². The standard InChI is InChI=1S/C10H12N2O6S.Na/c1-10(3-2-5(11)13)8(9(15)16)12-6(14)4-7(12)19(10,17)18;/h2-3,7-8H,4H2,1H3,(H2,11,13)(H,15,16);/q;+1/p-1/b3-2+;/t7-,8+,10+;/m1./s1. The Morgan fingerprint density at radius 1 is 1.50 bits per heavy atom. The number of carboxylic acid groups (broad SMARTS) is 1. The molecule has 2 heterocycles. The minimum absolute atomic E-state index is 0. The van der Waals surface area contributed by atoms with Crippen molar-refractivity contribution in [1.82, 2.24) is 4.90 Å². The Hall–Kier alpha value is -0.900. The van der Waals surface area contributed by atoms with Gasteiger partial charge in [0, 0.05) is 6.08 Å². The van der Waals surface area contributed by atoms with Gasteiger partial charge in [-0.1, -0.05) is 6.08 Å². The Morgan fingerprint density at radius 2 is 2.05 bits per heavy atom. The van der Waals surface area contributed by atoms with Crippen LogP contribution in [0.2, 0.25) is 0 Å². The fraction of sp³-hybridized carbons (Fsp3) is 0.500. The number of rotatable bonds is 3. The van der Waals surface area contributed by atoms with Crippen LogP contribution in [0.4, 0.5) is 0 Å². The Morgan fingerprint density at radius 3 is 2.45 bits per heavy atom. The summed E-state index contributed by atoms with van der Waals surface area (Å²) in [4.78, 5) is 34.1. The number of primary amides is 1. The summed E-state index contributed by atoms with van der Waals surface area (Å²) in [5, 5.41) is 9.99. The number of nitrogens with zero attached hydrogens (tertiary/aromatic N) is 1. The van der Waals surface area contributed by atoms with Crippen LogP contribution in [0.3, 0.4) is 0 Å². The van der Waals surface area contributed by atoms with E-state index >= 15 is 0 Å². The van der Waals surface area contributed by atoms with E-state index in [4.69, 9.17) is 5.73 Å². The van der Waals surface area contributed by atoms with E-state index in [0.717, 1.165) is 24.0 Å². The summed E-state index contributed by atoms with van der Waals surface area (Å²) in [5.74, 6) is -3.16. The molecule has 0 bridgehead atoms. The van der Waals surface area contributed by atoms with Crippen molar-refractivity contribution < 1.29 is 57.5 Å². The number of aliphatic carboxylic acids is 1. The van der Waals surface area contributed by atoms with Gasteiger partial charge in [-0.25, -0.2) is 8.42 Å². The monoisotopic (exact) mass is 310 g/mol. The molecule has 8 nitrogen and oxygen atoms in total. The maximum Gasteiger partial charge on any atom is 1.00 e. The second kappa shape index (κ2) is 5.14. The molecule has 10 heteroatoms. The van der Waals surface area contributed by atoms with Crippen molar-refractivity contribution in [2.45, 2.75) is 29.5 Å². The first-order valence-corrected chi connectivity index (χ1v) is 6.91. The van der Waals surface area contributed by atoms with E-state index in [1.54, 1.807) is 0 Å². The van der Waals surface area contributed by atoms with Gasteiger partial charge in [-0.15, -0.1) is 0 Å². The van der Waals surface area contributed by atoms with Gasteiger partial charge in [-0.3, -0.25) is 9.59 Å². The molecule has 0 saturated carbocycles. The van der Waals surface area contributed by atoms with Gasteiger partial charge >= 0.3 is 29.6 Å². The molecule has 2 saturated heterocycles. The maximum atomic E-state index is 12.3. The minimum atomic E-state index is -3.96. The predicted molar refractivity (Wildman–Crippen MR) is 59.7 cm³/mol. The molecular weight excluding hydrogens is 299 g/mol. The van der Waals surface area contributed by atoms with Crippen LogP contribution < -0.4 is 40.4 Å². The molecule has 104 valence electrons. The molecule has 2 amide bonds. The molecule has 2 fully saturated rings. The largest absolute Gasteiger partial charge is 1.00 e. The van der Waals surface area contributed by atoms with Crippen molar-refractivity contribution in [3.63, 3.8) is 0 Å². The third-order valence-corrected chi connectivity index (χ3v) is 6.24. The number of nitrogens with two attached hydrogens (primary N) is 1. The first kappa shape index (κ1) is 17.2. The zero-order chi connectivity index (χ0) is 14.6. The van der Waals surface area contributed by atoms with E-state index in [1.807, 2.05) is 0 Å². The number of carbonyl (C=O) groups is 3. The molecule has 2 aliphatic heterocycles. The Kier molecular flexibility index (Phi) is 4.41. The summed E-state index contributed by atoms with van der Waals surface area (Å²) in [7, 11) is -3.96. The molecule has 0 aromatic heterocycles. The molecule has 0 aromatic rings. The van der Waals surface area contributed by atoms with Gasteiger partial charge < -0.3 is 20.5 Å². The van der Waals surface area contributed by atoms with Gasteiger partial charge in [0.25, 0.3) is 0 Å². The van der Waals surface area contributed by atoms with E-state index < -0.39 is 43.8 Å². The fourth-order valence-corrected chi connectivity index (χ4v) is 4.74. The van der Waals surface area contributed by atoms with Gasteiger partial charge in [-0.2, -0.15) is 0 Å². The van der Waals surface area contributed by atoms with Gasteiger partial charge in [0.15, 0.2) is 9.84 Å². The SMILES string of the molecule is C[C@]1(/C=C/C(N)=O)[C@H](C(=O)[O-])N2C(=O)C[C@H]2S1(=O)=O.[Na+]. The Bertz CT molecular complexity index is 615. The van der Waals surface area contributed by atoms with Crippen LogP contribution in [0.1, 0.15) is 13.3 Å². The van der Waals surface area contributed by atoms with Crippen LogP contribution in [-0.4, -0.2) is 47.3 Å². The van der Waals surface area contributed by atoms with E-state index in [0.29, 0.717) is 0 Å². The molecule has 0 radical (unpaired) electrons. The van der Waals surface area contributed by atoms with E-state index in [-0.39, 0.29) is 36.0 Å². The van der Waals surface area contributed by atoms with Crippen molar-refractivity contribution in [1.29, 1.82) is 0 Å². The van der Waals surface area contributed by atoms with Crippen LogP contribution >= 0.6 is 0 Å². The molecule has 20 heavy (non-hydrogen) atoms. The summed E-state index contributed by atoms with van der Waals surface area (Å²) in [6, 6.07) is -1.65. The van der Waals surface area contributed by atoms with E-state index in [2.05, 4.69) is 0 Å². The minimum Gasteiger partial charge on any atom is -0.548 e. The number of hydrogen-bond acceptors (Lipinski definition) is 6. The van der Waals surface area contributed by atoms with Crippen molar-refractivity contribution in [2.75, 3.05) is 0 Å². The molecule has 0 unspecified atom stereocenters. The molecule has 2 aliphatic rings. The van der Waals surface area contributed by atoms with Crippen molar-refractivity contribution in [3.05, 3.63) is 12.2 Å². The molecular formula is C10H11N2NaO6S. The number of hydrogen-bond donors (Lipinski definition) is 1. The average Bonchev–Trinajstić information content (AvgIpc) is 2.41. The summed E-state index contributed by atoms with van der Waals surface area (Å²) in [5.41, 5.74) is 4.89. The second-order valence-electron chi connectivity index (χ2n) is 4.65. The smallest absolute Gasteiger partial charge is 0.548 e. The second-order valence-corrected chi connectivity index (χ2v) is 7.16. The quantitative estimate of drug-likeness (QED) is 0.313. The third kappa shape index (κ3) is 2.09. The fourth-order valence-electron chi connectivity index (χ4n) is 2.48. The van der Waals surface area contributed by atoms with Gasteiger partial charge in [-0.05, 0) is 6.92 Å². The van der Waals surface area contributed by atoms with E-state index in [9.17, 15) is 27.9 Å². The predicted octanol–water partition coefficient (Wildman–Crippen LogP) is -6.10. The van der Waals surface area contributed by atoms with Gasteiger partial charge in [0.2, 0.25) is 11.8 Å². The topological polar surface area (TPSA) is 138 Å². The summed E-state index contributed by atoms with van der Waals surface area (Å²) in [6.07, 6.45) is 1.44. The number of sulfone groups is 1. The number of amides is 2. The van der Waals surface area contributed by atoms with Crippen molar-refractivity contribution in [3.8, 4) is 0 Å². The van der Waals surface area contributed by atoms with Crippen LogP contribution in [0.25, 0.3) is 0 Å². The summed E-state index contributed by atoms with van der Waals surface area (Å²) in [6.45, 7) is 1.13. The maximum absolute atomic E-state index is 12.3. The van der Waals surface area contributed by atoms with Crippen molar-refractivity contribution in [2.24, 2.45) is 5.73 Å². The molecule has 3 atom stereocenters. The van der Waals surface area contributed by atoms with Crippen LogP contribution in [0.5, 0.6) is 0 Å². The molecule has 2 N–H and O–H groups in total. The van der Waals surface area contributed by atoms with Crippen LogP contribution in [0.15, 0.2) is 12.2 Å². The Labute approximate surface area is 137 Å². The number of carbonyl (C=O) groups excluding carboxylic acids is 3. The molecule has 0 spiro atoms. The molecule has 0 aromatic carbocycles. The first-order valence-electron chi connectivity index (χ1n) is 5.37. The summed E-state index contributed by atoms with van der Waals surface area (Å²) < 4.78 is 22.6. The molecule has 2 rings (SSSR count). The third-order valence-electron chi connectivity index (χ3n) is 3.54. The number of β-lactam (4-membered cyclic amide) rings is 1. The van der Waals surface area contributed by atoms with Gasteiger partial charge in [0.05, 0.1) is 18.4 Å². The average molecular weight is 310 g/mol. The number of carboxylic acids is 1. The Balaban J connectivity index is 0.00000200. The van der Waals surface area contributed by atoms with Gasteiger partial charge in [0.1, 0.15) is 10.1 Å². The van der Waals surface area contributed by atoms with E-state index in [1.165, 1.54) is 0 Å². The first-order chi connectivity index (χ1) is 8.63. The van der Waals surface area contributed by atoms with Crippen molar-refractivity contribution >= 4 is 27.6 Å². The number of fused-ring (bicyclic) bond motifs is 1. The zero-order valence-electron chi connectivity index (χ0n) is 10.9. The summed E-state index contributed by atoms with van der Waals surface area (Å²) >= 11 is 0. The van der Waals surface area contributed by atoms with Crippen LogP contribution in [-0.2, 0) is 24.2 Å². The zero-order valence-corrected chi connectivity index (χ0v) is 13.7.